The molecule has 10 nitrogen and oxygen atoms in total. The number of aryl methyl sites for hydroxylation is 2. The average molecular weight is 545 g/mol. The van der Waals surface area contributed by atoms with E-state index in [0.29, 0.717) is 37.3 Å². The molecule has 0 spiro atoms. The Morgan fingerprint density at radius 2 is 1.77 bits per heavy atom. The first kappa shape index (κ1) is 25.8. The Balaban J connectivity index is 1.62. The van der Waals surface area contributed by atoms with E-state index in [4.69, 9.17) is 0 Å². The largest absolute Gasteiger partial charge is 0.338 e. The maximum atomic E-state index is 14.9. The monoisotopic (exact) mass is 544 g/mol. The van der Waals surface area contributed by atoms with Crippen molar-refractivity contribution in [1.29, 1.82) is 0 Å². The third-order valence-corrected chi connectivity index (χ3v) is 7.66. The fourth-order valence-electron chi connectivity index (χ4n) is 5.15. The summed E-state index contributed by atoms with van der Waals surface area (Å²) in [5.41, 5.74) is 0.451. The van der Waals surface area contributed by atoms with Gasteiger partial charge in [0.2, 0.25) is 5.91 Å². The number of hydrogen-bond acceptors (Lipinski definition) is 6. The van der Waals surface area contributed by atoms with Crippen LogP contribution in [-0.4, -0.2) is 32.7 Å². The van der Waals surface area contributed by atoms with E-state index < -0.39 is 22.6 Å². The van der Waals surface area contributed by atoms with Crippen LogP contribution < -0.4 is 32.8 Å². The molecular formula is C29H29FN6O4. The molecule has 1 aliphatic heterocycles. The number of anilines is 3. The smallest absolute Gasteiger partial charge is 0.336 e. The molecule has 4 aromatic rings. The molecule has 0 atom stereocenters. The van der Waals surface area contributed by atoms with Gasteiger partial charge in [0.25, 0.3) is 11.1 Å². The Kier molecular flexibility index (Phi) is 6.18. The average Bonchev–Trinajstić information content (AvgIpc) is 3.71. The molecule has 0 unspecified atom stereocenters. The minimum atomic E-state index is -0.574. The number of carbonyl (C=O) groups excluding carboxylic acids is 1. The fourth-order valence-corrected chi connectivity index (χ4v) is 5.15. The number of rotatable bonds is 6. The molecule has 2 aromatic carbocycles. The van der Waals surface area contributed by atoms with Gasteiger partial charge in [0.15, 0.2) is 0 Å². The lowest BCUT2D eigenvalue weighted by Gasteiger charge is -2.26. The summed E-state index contributed by atoms with van der Waals surface area (Å²) in [6.45, 7) is 4.52. The highest BCUT2D eigenvalue weighted by atomic mass is 19.1. The Bertz CT molecular complexity index is 1880. The standard InChI is InChI=1S/C29H29FN6O4/c1-15-7-10-22(21(30)11-15)33-25-23-24(16(2)27(38)34(25)3)35(29(40)36(28(23)39)19-8-9-19)20-6-4-5-18(12-20)32-26(37)17-13-31-14-17/h4-7,10-12,17,19,31,33H,8-9,13-14H2,1-3H3,(H,32,37). The van der Waals surface area contributed by atoms with Gasteiger partial charge >= 0.3 is 5.69 Å². The minimum absolute atomic E-state index is 0.0865. The fraction of sp³-hybridized carbons (Fsp3) is 0.310. The summed E-state index contributed by atoms with van der Waals surface area (Å²) in [5.74, 6) is -0.719. The van der Waals surface area contributed by atoms with Crippen LogP contribution in [-0.2, 0) is 11.8 Å². The molecular weight excluding hydrogens is 515 g/mol. The van der Waals surface area contributed by atoms with Gasteiger partial charge in [-0.25, -0.2) is 9.18 Å². The van der Waals surface area contributed by atoms with E-state index in [0.717, 1.165) is 5.56 Å². The molecule has 1 saturated heterocycles. The zero-order chi connectivity index (χ0) is 28.3. The lowest BCUT2D eigenvalue weighted by molar-refractivity contribution is -0.121. The first-order valence-corrected chi connectivity index (χ1v) is 13.2. The Hall–Kier alpha value is -4.51. The van der Waals surface area contributed by atoms with Crippen LogP contribution in [0.25, 0.3) is 16.6 Å². The molecule has 0 bridgehead atoms. The predicted molar refractivity (Wildman–Crippen MR) is 151 cm³/mol. The lowest BCUT2D eigenvalue weighted by atomic mass is 10.0. The Morgan fingerprint density at radius 3 is 2.42 bits per heavy atom. The SMILES string of the molecule is Cc1ccc(Nc2c3c(=O)n(C4CC4)c(=O)n(-c4cccc(NC(=O)C5CNC5)c4)c3c(C)c(=O)n2C)c(F)c1. The van der Waals surface area contributed by atoms with E-state index in [-0.39, 0.29) is 45.8 Å². The molecule has 2 aromatic heterocycles. The van der Waals surface area contributed by atoms with Crippen molar-refractivity contribution in [1.82, 2.24) is 19.0 Å². The zero-order valence-corrected chi connectivity index (χ0v) is 22.4. The van der Waals surface area contributed by atoms with Gasteiger partial charge in [-0.2, -0.15) is 0 Å². The van der Waals surface area contributed by atoms with Crippen LogP contribution in [0.1, 0.15) is 30.0 Å². The normalized spacial score (nSPS) is 15.2. The number of carbonyl (C=O) groups is 1. The summed E-state index contributed by atoms with van der Waals surface area (Å²) < 4.78 is 18.7. The highest BCUT2D eigenvalue weighted by Crippen LogP contribution is 2.34. The second-order valence-electron chi connectivity index (χ2n) is 10.6. The van der Waals surface area contributed by atoms with Crippen LogP contribution in [0.5, 0.6) is 0 Å². The van der Waals surface area contributed by atoms with Gasteiger partial charge in [0.1, 0.15) is 17.0 Å². The quantitative estimate of drug-likeness (QED) is 0.344. The number of amides is 1. The summed E-state index contributed by atoms with van der Waals surface area (Å²) in [6, 6.07) is 11.1. The minimum Gasteiger partial charge on any atom is -0.338 e. The van der Waals surface area contributed by atoms with Crippen molar-refractivity contribution < 1.29 is 9.18 Å². The molecule has 6 rings (SSSR count). The topological polar surface area (TPSA) is 119 Å². The number of fused-ring (bicyclic) bond motifs is 1. The van der Waals surface area contributed by atoms with Crippen molar-refractivity contribution in [3.8, 4) is 5.69 Å². The number of pyridine rings is 1. The Morgan fingerprint density at radius 1 is 1.02 bits per heavy atom. The molecule has 40 heavy (non-hydrogen) atoms. The first-order valence-electron chi connectivity index (χ1n) is 13.2. The number of benzene rings is 2. The van der Waals surface area contributed by atoms with Crippen molar-refractivity contribution in [2.45, 2.75) is 32.7 Å². The highest BCUT2D eigenvalue weighted by Gasteiger charge is 2.32. The maximum absolute atomic E-state index is 14.9. The van der Waals surface area contributed by atoms with Gasteiger partial charge in [-0.1, -0.05) is 12.1 Å². The van der Waals surface area contributed by atoms with Crippen molar-refractivity contribution in [3.05, 3.63) is 90.6 Å². The van der Waals surface area contributed by atoms with E-state index in [1.54, 1.807) is 50.2 Å². The number of halogens is 1. The third kappa shape index (κ3) is 4.22. The van der Waals surface area contributed by atoms with Gasteiger partial charge in [0, 0.05) is 37.4 Å². The van der Waals surface area contributed by atoms with Gasteiger partial charge in [-0.05, 0) is 62.6 Å². The molecule has 1 amide bonds. The molecule has 0 radical (unpaired) electrons. The van der Waals surface area contributed by atoms with E-state index in [2.05, 4.69) is 16.0 Å². The zero-order valence-electron chi connectivity index (χ0n) is 22.4. The van der Waals surface area contributed by atoms with E-state index >= 15 is 0 Å². The van der Waals surface area contributed by atoms with E-state index in [1.165, 1.54) is 26.8 Å². The first-order chi connectivity index (χ1) is 19.2. The van der Waals surface area contributed by atoms with E-state index in [1.807, 2.05) is 0 Å². The summed E-state index contributed by atoms with van der Waals surface area (Å²) in [5, 5.41) is 9.02. The summed E-state index contributed by atoms with van der Waals surface area (Å²) >= 11 is 0. The van der Waals surface area contributed by atoms with Crippen LogP contribution >= 0.6 is 0 Å². The second kappa shape index (κ2) is 9.60. The summed E-state index contributed by atoms with van der Waals surface area (Å²) in [6.07, 6.45) is 1.35. The predicted octanol–water partition coefficient (Wildman–Crippen LogP) is 2.84. The molecule has 1 saturated carbocycles. The van der Waals surface area contributed by atoms with Gasteiger partial charge in [0.05, 0.1) is 22.8 Å². The molecule has 3 N–H and O–H groups in total. The third-order valence-electron chi connectivity index (χ3n) is 7.66. The maximum Gasteiger partial charge on any atom is 0.336 e. The van der Waals surface area contributed by atoms with Crippen molar-refractivity contribution in [2.75, 3.05) is 23.7 Å². The van der Waals surface area contributed by atoms with Crippen LogP contribution in [0.3, 0.4) is 0 Å². The summed E-state index contributed by atoms with van der Waals surface area (Å²) in [4.78, 5) is 53.9. The molecule has 2 fully saturated rings. The lowest BCUT2D eigenvalue weighted by Crippen LogP contribution is -2.48. The van der Waals surface area contributed by atoms with Gasteiger partial charge in [-0.3, -0.25) is 28.1 Å². The van der Waals surface area contributed by atoms with E-state index in [9.17, 15) is 23.6 Å². The summed E-state index contributed by atoms with van der Waals surface area (Å²) in [7, 11) is 1.50. The molecule has 2 aliphatic rings. The van der Waals surface area contributed by atoms with Crippen LogP contribution in [0, 0.1) is 25.6 Å². The van der Waals surface area contributed by atoms with Crippen LogP contribution in [0.15, 0.2) is 56.8 Å². The number of hydrogen-bond donors (Lipinski definition) is 3. The molecule has 3 heterocycles. The number of nitrogens with one attached hydrogen (secondary N) is 3. The Labute approximate surface area is 228 Å². The number of aromatic nitrogens is 3. The van der Waals surface area contributed by atoms with Gasteiger partial charge in [-0.15, -0.1) is 0 Å². The van der Waals surface area contributed by atoms with Crippen molar-refractivity contribution >= 4 is 34.0 Å². The molecule has 206 valence electrons. The molecule has 11 heteroatoms. The molecule has 1 aliphatic carbocycles. The van der Waals surface area contributed by atoms with Gasteiger partial charge < -0.3 is 16.0 Å². The second-order valence-corrected chi connectivity index (χ2v) is 10.6. The number of nitrogens with zero attached hydrogens (tertiary/aromatic N) is 3. The van der Waals surface area contributed by atoms with Crippen LogP contribution in [0.2, 0.25) is 0 Å². The van der Waals surface area contributed by atoms with Crippen molar-refractivity contribution in [2.24, 2.45) is 13.0 Å². The highest BCUT2D eigenvalue weighted by molar-refractivity contribution is 5.95. The van der Waals surface area contributed by atoms with Crippen molar-refractivity contribution in [3.63, 3.8) is 0 Å². The van der Waals surface area contributed by atoms with Crippen LogP contribution in [0.4, 0.5) is 21.6 Å².